The van der Waals surface area contributed by atoms with Crippen LogP contribution >= 0.6 is 0 Å². The minimum atomic E-state index is 0.692. The second-order valence-corrected chi connectivity index (χ2v) is 8.94. The van der Waals surface area contributed by atoms with Crippen molar-refractivity contribution >= 4 is 21.7 Å². The van der Waals surface area contributed by atoms with Gasteiger partial charge < -0.3 is 9.72 Å². The Morgan fingerprint density at radius 3 is 2.57 bits per heavy atom. The van der Waals surface area contributed by atoms with Crippen LogP contribution in [0.1, 0.15) is 37.2 Å². The number of aromatic amines is 1. The third-order valence-corrected chi connectivity index (χ3v) is 7.29. The van der Waals surface area contributed by atoms with Crippen molar-refractivity contribution in [3.63, 3.8) is 0 Å². The summed E-state index contributed by atoms with van der Waals surface area (Å²) in [7, 11) is 0. The molecular formula is C27H28N2O. The van der Waals surface area contributed by atoms with Gasteiger partial charge in [-0.15, -0.1) is 0 Å². The summed E-state index contributed by atoms with van der Waals surface area (Å²) < 4.78 is 6.20. The van der Waals surface area contributed by atoms with Gasteiger partial charge in [-0.3, -0.25) is 4.90 Å². The number of hydrogen-bond acceptors (Lipinski definition) is 2. The topological polar surface area (TPSA) is 28.3 Å². The summed E-state index contributed by atoms with van der Waals surface area (Å²) in [5, 5.41) is 3.89. The molecule has 1 aromatic heterocycles. The number of nitrogens with one attached hydrogen (secondary N) is 1. The Morgan fingerprint density at radius 2 is 1.70 bits per heavy atom. The largest absolute Gasteiger partial charge is 0.492 e. The van der Waals surface area contributed by atoms with E-state index in [1.807, 2.05) is 6.20 Å². The molecule has 3 aromatic carbocycles. The van der Waals surface area contributed by atoms with E-state index in [0.717, 1.165) is 24.4 Å². The smallest absolute Gasteiger partial charge is 0.128 e. The Labute approximate surface area is 177 Å². The molecule has 2 fully saturated rings. The van der Waals surface area contributed by atoms with Crippen LogP contribution in [0.3, 0.4) is 0 Å². The molecule has 2 bridgehead atoms. The van der Waals surface area contributed by atoms with Crippen molar-refractivity contribution in [2.24, 2.45) is 0 Å². The number of benzene rings is 3. The molecule has 0 saturated carbocycles. The molecule has 2 saturated heterocycles. The zero-order valence-electron chi connectivity index (χ0n) is 17.3. The molecule has 2 aliphatic heterocycles. The highest BCUT2D eigenvalue weighted by Crippen LogP contribution is 2.43. The van der Waals surface area contributed by atoms with Gasteiger partial charge in [0.2, 0.25) is 0 Å². The Morgan fingerprint density at radius 1 is 0.867 bits per heavy atom. The molecule has 3 nitrogen and oxygen atoms in total. The van der Waals surface area contributed by atoms with E-state index in [0.29, 0.717) is 18.0 Å². The summed E-state index contributed by atoms with van der Waals surface area (Å²) in [4.78, 5) is 6.00. The third kappa shape index (κ3) is 3.18. The van der Waals surface area contributed by atoms with Crippen LogP contribution in [-0.2, 0) is 0 Å². The summed E-state index contributed by atoms with van der Waals surface area (Å²) in [6.45, 7) is 1.79. The monoisotopic (exact) mass is 396 g/mol. The molecule has 3 heterocycles. The summed E-state index contributed by atoms with van der Waals surface area (Å²) in [5.41, 5.74) is 2.67. The fourth-order valence-electron chi connectivity index (χ4n) is 5.82. The van der Waals surface area contributed by atoms with Crippen LogP contribution in [0, 0.1) is 0 Å². The Bertz CT molecular complexity index is 1170. The first kappa shape index (κ1) is 18.0. The fourth-order valence-corrected chi connectivity index (χ4v) is 5.82. The lowest BCUT2D eigenvalue weighted by atomic mass is 9.84. The summed E-state index contributed by atoms with van der Waals surface area (Å²) >= 11 is 0. The SMILES string of the molecule is c1ccc2cc(C3CC4CCC(C3)N4CCOc3cccc4[nH]ccc34)ccc2c1. The number of rotatable bonds is 5. The minimum absolute atomic E-state index is 0.692. The van der Waals surface area contributed by atoms with E-state index in [4.69, 9.17) is 4.74 Å². The molecule has 2 atom stereocenters. The maximum absolute atomic E-state index is 6.20. The molecule has 152 valence electrons. The molecular weight excluding hydrogens is 368 g/mol. The van der Waals surface area contributed by atoms with Gasteiger partial charge in [0.15, 0.2) is 0 Å². The number of fused-ring (bicyclic) bond motifs is 4. The van der Waals surface area contributed by atoms with Gasteiger partial charge >= 0.3 is 0 Å². The summed E-state index contributed by atoms with van der Waals surface area (Å²) in [6, 6.07) is 25.6. The van der Waals surface area contributed by atoms with Crippen LogP contribution in [0.15, 0.2) is 72.9 Å². The fraction of sp³-hybridized carbons (Fsp3) is 0.333. The van der Waals surface area contributed by atoms with E-state index in [-0.39, 0.29) is 0 Å². The van der Waals surface area contributed by atoms with Gasteiger partial charge in [-0.05, 0) is 66.1 Å². The molecule has 6 rings (SSSR count). The van der Waals surface area contributed by atoms with Crippen LogP contribution in [0.25, 0.3) is 21.7 Å². The van der Waals surface area contributed by atoms with Gasteiger partial charge in [0.25, 0.3) is 0 Å². The maximum atomic E-state index is 6.20. The lowest BCUT2D eigenvalue weighted by Crippen LogP contribution is -2.44. The molecule has 1 N–H and O–H groups in total. The molecule has 4 aromatic rings. The number of ether oxygens (including phenoxy) is 1. The first-order valence-electron chi connectivity index (χ1n) is 11.3. The lowest BCUT2D eigenvalue weighted by Gasteiger charge is -2.39. The van der Waals surface area contributed by atoms with E-state index < -0.39 is 0 Å². The third-order valence-electron chi connectivity index (χ3n) is 7.29. The predicted molar refractivity (Wildman–Crippen MR) is 123 cm³/mol. The number of piperidine rings is 1. The highest BCUT2D eigenvalue weighted by atomic mass is 16.5. The van der Waals surface area contributed by atoms with Crippen LogP contribution < -0.4 is 4.74 Å². The van der Waals surface area contributed by atoms with Gasteiger partial charge in [0.05, 0.1) is 0 Å². The minimum Gasteiger partial charge on any atom is -0.492 e. The van der Waals surface area contributed by atoms with Gasteiger partial charge in [0, 0.05) is 35.7 Å². The van der Waals surface area contributed by atoms with E-state index in [1.165, 1.54) is 47.4 Å². The molecule has 2 unspecified atom stereocenters. The molecule has 2 aliphatic rings. The molecule has 3 heteroatoms. The quantitative estimate of drug-likeness (QED) is 0.441. The lowest BCUT2D eigenvalue weighted by molar-refractivity contribution is 0.106. The van der Waals surface area contributed by atoms with Crippen molar-refractivity contribution in [1.29, 1.82) is 0 Å². The number of H-pyrrole nitrogens is 1. The average Bonchev–Trinajstić information content (AvgIpc) is 3.35. The molecule has 0 aliphatic carbocycles. The van der Waals surface area contributed by atoms with Gasteiger partial charge in [-0.25, -0.2) is 0 Å². The van der Waals surface area contributed by atoms with Gasteiger partial charge in [-0.1, -0.05) is 48.5 Å². The first-order chi connectivity index (χ1) is 14.8. The molecule has 0 amide bonds. The van der Waals surface area contributed by atoms with E-state index in [2.05, 4.69) is 76.6 Å². The van der Waals surface area contributed by atoms with Crippen molar-refractivity contribution in [2.45, 2.75) is 43.7 Å². The number of hydrogen-bond donors (Lipinski definition) is 1. The van der Waals surface area contributed by atoms with Crippen molar-refractivity contribution in [2.75, 3.05) is 13.2 Å². The van der Waals surface area contributed by atoms with Crippen LogP contribution in [0.2, 0.25) is 0 Å². The van der Waals surface area contributed by atoms with E-state index in [1.54, 1.807) is 0 Å². The van der Waals surface area contributed by atoms with Crippen molar-refractivity contribution in [3.05, 3.63) is 78.5 Å². The highest BCUT2D eigenvalue weighted by Gasteiger charge is 2.40. The molecule has 0 spiro atoms. The standard InChI is InChI=1S/C27H28N2O/c1-2-5-20-16-21(9-8-19(20)4-1)22-17-23-10-11-24(18-22)29(23)14-15-30-27-7-3-6-26-25(27)12-13-28-26/h1-9,12-13,16,22-24,28H,10-11,14-15,17-18H2. The molecule has 30 heavy (non-hydrogen) atoms. The average molecular weight is 397 g/mol. The van der Waals surface area contributed by atoms with Crippen LogP contribution in [-0.4, -0.2) is 35.1 Å². The second-order valence-electron chi connectivity index (χ2n) is 8.94. The van der Waals surface area contributed by atoms with E-state index in [9.17, 15) is 0 Å². The Hall–Kier alpha value is -2.78. The first-order valence-corrected chi connectivity index (χ1v) is 11.3. The van der Waals surface area contributed by atoms with Crippen molar-refractivity contribution < 1.29 is 4.74 Å². The highest BCUT2D eigenvalue weighted by molar-refractivity contribution is 5.85. The zero-order chi connectivity index (χ0) is 19.9. The second kappa shape index (κ2) is 7.48. The summed E-state index contributed by atoms with van der Waals surface area (Å²) in [5.74, 6) is 1.69. The Kier molecular flexibility index (Phi) is 4.49. The summed E-state index contributed by atoms with van der Waals surface area (Å²) in [6.07, 6.45) is 7.21. The van der Waals surface area contributed by atoms with Crippen molar-refractivity contribution in [1.82, 2.24) is 9.88 Å². The number of aromatic nitrogens is 1. The molecule has 0 radical (unpaired) electrons. The van der Waals surface area contributed by atoms with Gasteiger partial charge in [0.1, 0.15) is 12.4 Å². The number of nitrogens with zero attached hydrogens (tertiary/aromatic N) is 1. The van der Waals surface area contributed by atoms with Crippen molar-refractivity contribution in [3.8, 4) is 5.75 Å². The Balaban J connectivity index is 1.12. The van der Waals surface area contributed by atoms with Crippen LogP contribution in [0.5, 0.6) is 5.75 Å². The maximum Gasteiger partial charge on any atom is 0.128 e. The predicted octanol–water partition coefficient (Wildman–Crippen LogP) is 6.11. The normalized spacial score (nSPS) is 23.9. The zero-order valence-corrected chi connectivity index (χ0v) is 17.3. The van der Waals surface area contributed by atoms with Crippen LogP contribution in [0.4, 0.5) is 0 Å². The van der Waals surface area contributed by atoms with E-state index >= 15 is 0 Å². The van der Waals surface area contributed by atoms with Gasteiger partial charge in [-0.2, -0.15) is 0 Å².